The number of aliphatic carboxylic acids is 1. The average Bonchev–Trinajstić information content (AvgIpc) is 2.63. The van der Waals surface area contributed by atoms with Crippen molar-refractivity contribution in [1.82, 2.24) is 4.90 Å². The molecule has 9 nitrogen and oxygen atoms in total. The van der Waals surface area contributed by atoms with E-state index in [1.54, 1.807) is 0 Å². The molecule has 118 valence electrons. The predicted molar refractivity (Wildman–Crippen MR) is 69.0 cm³/mol. The summed E-state index contributed by atoms with van der Waals surface area (Å²) < 4.78 is 23.3. The summed E-state index contributed by atoms with van der Waals surface area (Å²) in [6.45, 7) is 1.42. The Bertz CT molecular complexity index is 624. The molecule has 1 fully saturated rings. The van der Waals surface area contributed by atoms with Crippen LogP contribution < -0.4 is 5.90 Å². The van der Waals surface area contributed by atoms with Gasteiger partial charge in [0.1, 0.15) is 5.70 Å². The minimum atomic E-state index is -3.81. The maximum atomic E-state index is 12.0. The van der Waals surface area contributed by atoms with Crippen LogP contribution in [-0.4, -0.2) is 59.2 Å². The monoisotopic (exact) mass is 320 g/mol. The van der Waals surface area contributed by atoms with E-state index in [1.165, 1.54) is 6.92 Å². The lowest BCUT2D eigenvalue weighted by molar-refractivity contribution is -0.161. The number of carbonyl (C=O) groups is 2. The van der Waals surface area contributed by atoms with Crippen molar-refractivity contribution in [3.8, 4) is 0 Å². The molecule has 2 aliphatic heterocycles. The van der Waals surface area contributed by atoms with Gasteiger partial charge in [0, 0.05) is 11.8 Å². The second-order valence-corrected chi connectivity index (χ2v) is 7.31. The molecule has 10 heteroatoms. The third-order valence-electron chi connectivity index (χ3n) is 3.76. The van der Waals surface area contributed by atoms with Crippen LogP contribution in [0.25, 0.3) is 0 Å². The van der Waals surface area contributed by atoms with Crippen LogP contribution in [0.15, 0.2) is 11.3 Å². The Morgan fingerprint density at radius 1 is 1.52 bits per heavy atom. The van der Waals surface area contributed by atoms with E-state index in [-0.39, 0.29) is 12.0 Å². The van der Waals surface area contributed by atoms with Crippen molar-refractivity contribution < 1.29 is 33.1 Å². The maximum absolute atomic E-state index is 12.0. The van der Waals surface area contributed by atoms with Crippen molar-refractivity contribution in [1.29, 1.82) is 0 Å². The van der Waals surface area contributed by atoms with Gasteiger partial charge in [-0.3, -0.25) is 9.63 Å². The molecule has 0 aliphatic carbocycles. The van der Waals surface area contributed by atoms with E-state index in [0.717, 1.165) is 11.2 Å². The molecule has 2 heterocycles. The molecular formula is C11H16N2O7S. The van der Waals surface area contributed by atoms with E-state index in [2.05, 4.69) is 4.84 Å². The van der Waals surface area contributed by atoms with Crippen molar-refractivity contribution >= 4 is 21.7 Å². The number of carboxylic acid groups (broad SMARTS) is 1. The van der Waals surface area contributed by atoms with Crippen LogP contribution in [0, 0.1) is 5.92 Å². The number of hydrogen-bond acceptors (Lipinski definition) is 7. The highest BCUT2D eigenvalue weighted by Gasteiger charge is 2.58. The molecule has 0 spiro atoms. The van der Waals surface area contributed by atoms with Gasteiger partial charge in [0.15, 0.2) is 9.84 Å². The van der Waals surface area contributed by atoms with Gasteiger partial charge in [-0.15, -0.1) is 0 Å². The van der Waals surface area contributed by atoms with Crippen LogP contribution in [0.3, 0.4) is 0 Å². The fourth-order valence-electron chi connectivity index (χ4n) is 2.96. The molecule has 1 amide bonds. The number of hydrogen-bond donors (Lipinski definition) is 3. The number of nitrogens with two attached hydrogens (primary N) is 1. The number of amides is 1. The Balaban J connectivity index is 2.47. The topological polar surface area (TPSA) is 147 Å². The molecule has 2 rings (SSSR count). The summed E-state index contributed by atoms with van der Waals surface area (Å²) in [5.41, 5.74) is -2.13. The molecule has 21 heavy (non-hydrogen) atoms. The molecule has 2 aliphatic rings. The van der Waals surface area contributed by atoms with Crippen molar-refractivity contribution in [3.05, 3.63) is 11.3 Å². The lowest BCUT2D eigenvalue weighted by Gasteiger charge is -2.44. The first-order chi connectivity index (χ1) is 9.61. The highest BCUT2D eigenvalue weighted by Crippen LogP contribution is 2.45. The van der Waals surface area contributed by atoms with Crippen molar-refractivity contribution in [2.24, 2.45) is 11.8 Å². The van der Waals surface area contributed by atoms with E-state index >= 15 is 0 Å². The summed E-state index contributed by atoms with van der Waals surface area (Å²) >= 11 is 0. The third-order valence-corrected chi connectivity index (χ3v) is 4.94. The van der Waals surface area contributed by atoms with Crippen LogP contribution in [0.2, 0.25) is 0 Å². The molecular weight excluding hydrogens is 304 g/mol. The van der Waals surface area contributed by atoms with Crippen LogP contribution >= 0.6 is 0 Å². The Hall–Kier alpha value is -1.49. The zero-order valence-corrected chi connectivity index (χ0v) is 12.2. The first-order valence-electron chi connectivity index (χ1n) is 6.13. The van der Waals surface area contributed by atoms with Crippen LogP contribution in [0.1, 0.15) is 13.3 Å². The van der Waals surface area contributed by atoms with Gasteiger partial charge < -0.3 is 15.1 Å². The standard InChI is InChI=1S/C11H16N2O7S/c1-4(14)7-6-3-5(11(20-12)21(2,18)19)8(10(16)17)13(6)9(7)15/h4,6-7,11,14H,3,12H2,1-2H3,(H,16,17). The molecule has 4 atom stereocenters. The fraction of sp³-hybridized carbons (Fsp3) is 0.636. The third kappa shape index (κ3) is 2.33. The summed E-state index contributed by atoms with van der Waals surface area (Å²) in [6, 6.07) is -0.585. The van der Waals surface area contributed by atoms with E-state index in [0.29, 0.717) is 0 Å². The van der Waals surface area contributed by atoms with Crippen molar-refractivity contribution in [2.75, 3.05) is 6.26 Å². The smallest absolute Gasteiger partial charge is 0.352 e. The zero-order chi connectivity index (χ0) is 16.1. The lowest BCUT2D eigenvalue weighted by atomic mass is 9.83. The second kappa shape index (κ2) is 5.05. The Morgan fingerprint density at radius 3 is 2.48 bits per heavy atom. The van der Waals surface area contributed by atoms with E-state index in [9.17, 15) is 28.2 Å². The van der Waals surface area contributed by atoms with Crippen molar-refractivity contribution in [3.63, 3.8) is 0 Å². The van der Waals surface area contributed by atoms with Crippen LogP contribution in [0.5, 0.6) is 0 Å². The van der Waals surface area contributed by atoms with Gasteiger partial charge in [0.25, 0.3) is 0 Å². The fourth-order valence-corrected chi connectivity index (χ4v) is 3.88. The maximum Gasteiger partial charge on any atom is 0.352 e. The number of fused-ring (bicyclic) bond motifs is 1. The second-order valence-electron chi connectivity index (χ2n) is 5.22. The number of β-lactam (4-membered cyclic amide) rings is 1. The molecule has 0 aromatic rings. The predicted octanol–water partition coefficient (Wildman–Crippen LogP) is -1.80. The van der Waals surface area contributed by atoms with E-state index < -0.39 is 50.9 Å². The first kappa shape index (κ1) is 15.9. The summed E-state index contributed by atoms with van der Waals surface area (Å²) in [5.74, 6) is 2.24. The number of aliphatic hydroxyl groups is 1. The quantitative estimate of drug-likeness (QED) is 0.397. The SMILES string of the molecule is CC(O)C1C(=O)N2C(C(=O)O)=C(C(ON)S(C)(=O)=O)CC12. The highest BCUT2D eigenvalue weighted by atomic mass is 32.2. The van der Waals surface area contributed by atoms with Crippen molar-refractivity contribution in [2.45, 2.75) is 30.9 Å². The largest absolute Gasteiger partial charge is 0.477 e. The minimum absolute atomic E-state index is 0.0160. The van der Waals surface area contributed by atoms with Crippen LogP contribution in [0.4, 0.5) is 0 Å². The van der Waals surface area contributed by atoms with Gasteiger partial charge in [0.2, 0.25) is 11.3 Å². The normalized spacial score (nSPS) is 28.2. The number of carboxylic acids is 1. The summed E-state index contributed by atoms with van der Waals surface area (Å²) in [6.07, 6.45) is -0.109. The summed E-state index contributed by atoms with van der Waals surface area (Å²) in [5, 5.41) is 18.8. The average molecular weight is 320 g/mol. The minimum Gasteiger partial charge on any atom is -0.477 e. The van der Waals surface area contributed by atoms with Gasteiger partial charge >= 0.3 is 5.97 Å². The molecule has 0 aromatic heterocycles. The Labute approximate surface area is 120 Å². The van der Waals surface area contributed by atoms with Gasteiger partial charge in [-0.05, 0) is 13.3 Å². The lowest BCUT2D eigenvalue weighted by Crippen LogP contribution is -2.61. The van der Waals surface area contributed by atoms with Crippen LogP contribution in [-0.2, 0) is 24.3 Å². The Kier molecular flexibility index (Phi) is 3.82. The number of aliphatic hydroxyl groups excluding tert-OH is 1. The molecule has 0 radical (unpaired) electrons. The number of rotatable bonds is 5. The summed E-state index contributed by atoms with van der Waals surface area (Å²) in [4.78, 5) is 28.7. The van der Waals surface area contributed by atoms with Gasteiger partial charge in [-0.1, -0.05) is 0 Å². The summed E-state index contributed by atoms with van der Waals surface area (Å²) in [7, 11) is -3.81. The number of nitrogens with zero attached hydrogens (tertiary/aromatic N) is 1. The number of carbonyl (C=O) groups excluding carboxylic acids is 1. The zero-order valence-electron chi connectivity index (χ0n) is 11.4. The molecule has 4 N–H and O–H groups in total. The highest BCUT2D eigenvalue weighted by molar-refractivity contribution is 7.91. The van der Waals surface area contributed by atoms with E-state index in [4.69, 9.17) is 5.90 Å². The molecule has 0 aromatic carbocycles. The molecule has 4 unspecified atom stereocenters. The Morgan fingerprint density at radius 2 is 2.10 bits per heavy atom. The molecule has 0 saturated carbocycles. The van der Waals surface area contributed by atoms with E-state index in [1.807, 2.05) is 0 Å². The van der Waals surface area contributed by atoms with Gasteiger partial charge in [0.05, 0.1) is 18.1 Å². The number of sulfone groups is 1. The van der Waals surface area contributed by atoms with Gasteiger partial charge in [-0.25, -0.2) is 19.1 Å². The molecule has 1 saturated heterocycles. The molecule has 0 bridgehead atoms. The first-order valence-corrected chi connectivity index (χ1v) is 8.08. The van der Waals surface area contributed by atoms with Gasteiger partial charge in [-0.2, -0.15) is 0 Å².